The summed E-state index contributed by atoms with van der Waals surface area (Å²) in [6.45, 7) is 0. The Hall–Kier alpha value is -1.25. The van der Waals surface area contributed by atoms with Crippen LogP contribution in [0.1, 0.15) is 0 Å². The second-order valence-electron chi connectivity index (χ2n) is 5.98. The molecule has 0 spiro atoms. The van der Waals surface area contributed by atoms with Gasteiger partial charge in [-0.2, -0.15) is 83.4 Å². The van der Waals surface area contributed by atoms with E-state index in [2.05, 4.69) is 0 Å². The number of halogens is 21. The van der Waals surface area contributed by atoms with E-state index in [4.69, 9.17) is 0 Å². The lowest BCUT2D eigenvalue weighted by Gasteiger charge is -2.44. The molecule has 32 heavy (non-hydrogen) atoms. The van der Waals surface area contributed by atoms with Crippen molar-refractivity contribution in [1.29, 1.82) is 0 Å². The molecule has 0 radical (unpaired) electrons. The van der Waals surface area contributed by atoms with Crippen molar-refractivity contribution in [3.63, 3.8) is 0 Å². The van der Waals surface area contributed by atoms with Crippen molar-refractivity contribution < 1.29 is 92.2 Å². The number of alkyl halides is 21. The molecule has 0 aliphatic heterocycles. The van der Waals surface area contributed by atoms with Gasteiger partial charge in [0, 0.05) is 0 Å². The molecule has 0 N–H and O–H groups in total. The highest BCUT2D eigenvalue weighted by atomic mass is 28.1. The van der Waals surface area contributed by atoms with Crippen LogP contribution in [0.5, 0.6) is 0 Å². The molecule has 0 nitrogen and oxygen atoms in total. The van der Waals surface area contributed by atoms with Crippen LogP contribution in [0.4, 0.5) is 92.2 Å². The molecule has 0 atom stereocenters. The molecule has 0 fully saturated rings. The van der Waals surface area contributed by atoms with Gasteiger partial charge in [0.05, 0.1) is 10.2 Å². The van der Waals surface area contributed by atoms with Crippen LogP contribution < -0.4 is 0 Å². The standard InChI is InChI=1S/C10H3F21Si/c11-1(12,3(15,16)5(19,20)7(23,24)9(27,28)29)2(13,14)4(17,18)6(21,22)8(25,26)10(30,31)32/h32H3. The van der Waals surface area contributed by atoms with Gasteiger partial charge in [-0.3, -0.25) is 0 Å². The van der Waals surface area contributed by atoms with Gasteiger partial charge in [-0.15, -0.1) is 0 Å². The number of rotatable bonds is 8. The van der Waals surface area contributed by atoms with Crippen molar-refractivity contribution in [3.8, 4) is 0 Å². The molecule has 0 aromatic carbocycles. The summed E-state index contributed by atoms with van der Waals surface area (Å²) in [5, 5.41) is 0. The van der Waals surface area contributed by atoms with Crippen LogP contribution in [0.25, 0.3) is 0 Å². The Balaban J connectivity index is 7.00. The van der Waals surface area contributed by atoms with E-state index in [-0.39, 0.29) is 0 Å². The van der Waals surface area contributed by atoms with Crippen LogP contribution in [0, 0.1) is 0 Å². The summed E-state index contributed by atoms with van der Waals surface area (Å²) < 4.78 is 268. The number of hydrogen-bond acceptors (Lipinski definition) is 0. The zero-order valence-corrected chi connectivity index (χ0v) is 15.9. The van der Waals surface area contributed by atoms with E-state index in [9.17, 15) is 92.2 Å². The molecule has 0 aliphatic rings. The highest BCUT2D eigenvalue weighted by molar-refractivity contribution is 6.14. The van der Waals surface area contributed by atoms with Crippen LogP contribution in [-0.4, -0.2) is 69.3 Å². The quantitative estimate of drug-likeness (QED) is 0.273. The maximum atomic E-state index is 13.2. The first-order valence-electron chi connectivity index (χ1n) is 6.72. The Morgan fingerprint density at radius 1 is 0.250 bits per heavy atom. The first-order chi connectivity index (χ1) is 13.2. The van der Waals surface area contributed by atoms with Gasteiger partial charge < -0.3 is 0 Å². The SMILES string of the molecule is FC(F)(F)C(F)(F)C(F)(F)C(F)(F)C(F)(F)C(F)(F)C(F)(F)C(F)(F)C(F)(F)C(F)(F)[SiH3]. The molecule has 0 amide bonds. The summed E-state index contributed by atoms with van der Waals surface area (Å²) in [5.74, 6) is -69.5. The minimum atomic E-state index is -9.11. The Bertz CT molecular complexity index is 632. The second-order valence-corrected chi connectivity index (χ2v) is 7.24. The van der Waals surface area contributed by atoms with E-state index in [0.29, 0.717) is 0 Å². The lowest BCUT2D eigenvalue weighted by atomic mass is 9.87. The van der Waals surface area contributed by atoms with Crippen molar-refractivity contribution in [2.75, 3.05) is 0 Å². The third-order valence-electron chi connectivity index (χ3n) is 3.67. The maximum Gasteiger partial charge on any atom is 0.460 e. The monoisotopic (exact) mass is 550 g/mol. The van der Waals surface area contributed by atoms with Gasteiger partial charge in [-0.25, -0.2) is 8.78 Å². The van der Waals surface area contributed by atoms with Gasteiger partial charge in [0.1, 0.15) is 0 Å². The molecule has 0 rings (SSSR count). The average Bonchev–Trinajstić information content (AvgIpc) is 2.51. The molecule has 0 aliphatic carbocycles. The first-order valence-corrected chi connectivity index (χ1v) is 7.72. The minimum Gasteiger partial charge on any atom is -0.206 e. The molecule has 0 saturated heterocycles. The number of hydrogen-bond donors (Lipinski definition) is 0. The molecule has 0 unspecified atom stereocenters. The van der Waals surface area contributed by atoms with Crippen LogP contribution in [0.15, 0.2) is 0 Å². The van der Waals surface area contributed by atoms with E-state index < -0.39 is 69.3 Å². The fraction of sp³-hybridized carbons (Fsp3) is 1.00. The van der Waals surface area contributed by atoms with E-state index >= 15 is 0 Å². The van der Waals surface area contributed by atoms with E-state index in [1.807, 2.05) is 0 Å². The van der Waals surface area contributed by atoms with Crippen molar-refractivity contribution in [2.45, 2.75) is 59.1 Å². The van der Waals surface area contributed by atoms with Gasteiger partial charge in [0.15, 0.2) is 0 Å². The summed E-state index contributed by atoms with van der Waals surface area (Å²) >= 11 is 0. The topological polar surface area (TPSA) is 0 Å². The van der Waals surface area contributed by atoms with Gasteiger partial charge in [-0.1, -0.05) is 0 Å². The van der Waals surface area contributed by atoms with Gasteiger partial charge in [0.2, 0.25) is 0 Å². The molecule has 0 bridgehead atoms. The Morgan fingerprint density at radius 2 is 0.406 bits per heavy atom. The molecular weight excluding hydrogens is 547 g/mol. The second kappa shape index (κ2) is 7.12. The van der Waals surface area contributed by atoms with Crippen molar-refractivity contribution in [2.24, 2.45) is 0 Å². The molecular formula is C10H3F21Si. The Kier molecular flexibility index (Phi) is 6.84. The summed E-state index contributed by atoms with van der Waals surface area (Å²) in [4.78, 5) is 0. The molecule has 194 valence electrons. The third-order valence-corrected chi connectivity index (χ3v) is 4.30. The predicted octanol–water partition coefficient (Wildman–Crippen LogP) is 5.59. The minimum absolute atomic E-state index is 2.62. The normalized spacial score (nSPS) is 17.2. The molecule has 0 heterocycles. The van der Waals surface area contributed by atoms with Crippen LogP contribution in [0.3, 0.4) is 0 Å². The third kappa shape index (κ3) is 3.48. The van der Waals surface area contributed by atoms with E-state index in [0.717, 1.165) is 0 Å². The smallest absolute Gasteiger partial charge is 0.206 e. The van der Waals surface area contributed by atoms with Gasteiger partial charge >= 0.3 is 53.6 Å². The average molecular weight is 550 g/mol. The van der Waals surface area contributed by atoms with E-state index in [1.165, 1.54) is 0 Å². The zero-order valence-electron chi connectivity index (χ0n) is 13.9. The van der Waals surface area contributed by atoms with Gasteiger partial charge in [0.25, 0.3) is 5.55 Å². The van der Waals surface area contributed by atoms with Gasteiger partial charge in [-0.05, 0) is 0 Å². The lowest BCUT2D eigenvalue weighted by molar-refractivity contribution is -0.472. The van der Waals surface area contributed by atoms with Crippen LogP contribution in [0.2, 0.25) is 0 Å². The Morgan fingerprint density at radius 3 is 0.562 bits per heavy atom. The highest BCUT2D eigenvalue weighted by Gasteiger charge is 2.97. The van der Waals surface area contributed by atoms with Crippen molar-refractivity contribution >= 4 is 10.2 Å². The Labute approximate surface area is 163 Å². The molecule has 0 aromatic heterocycles. The maximum absolute atomic E-state index is 13.2. The van der Waals surface area contributed by atoms with E-state index in [1.54, 1.807) is 0 Å². The lowest BCUT2D eigenvalue weighted by Crippen LogP contribution is -2.76. The van der Waals surface area contributed by atoms with Crippen LogP contribution in [-0.2, 0) is 0 Å². The molecule has 0 saturated carbocycles. The summed E-state index contributed by atoms with van der Waals surface area (Å²) in [5.41, 5.74) is -6.39. The predicted molar refractivity (Wildman–Crippen MR) is 60.5 cm³/mol. The largest absolute Gasteiger partial charge is 0.460 e. The first kappa shape index (κ1) is 30.7. The fourth-order valence-corrected chi connectivity index (χ4v) is 1.95. The summed E-state index contributed by atoms with van der Waals surface area (Å²) in [6.07, 6.45) is -7.97. The van der Waals surface area contributed by atoms with Crippen molar-refractivity contribution in [3.05, 3.63) is 0 Å². The summed E-state index contributed by atoms with van der Waals surface area (Å²) in [7, 11) is -2.62. The highest BCUT2D eigenvalue weighted by Crippen LogP contribution is 2.65. The molecule has 22 heteroatoms. The van der Waals surface area contributed by atoms with Crippen LogP contribution >= 0.6 is 0 Å². The fourth-order valence-electron chi connectivity index (χ4n) is 1.64. The zero-order chi connectivity index (χ0) is 27.0. The summed E-state index contributed by atoms with van der Waals surface area (Å²) in [6, 6.07) is 0. The molecule has 0 aromatic rings. The van der Waals surface area contributed by atoms with Crippen molar-refractivity contribution in [1.82, 2.24) is 0 Å².